The van der Waals surface area contributed by atoms with Crippen LogP contribution in [0.4, 0.5) is 22.1 Å². The third-order valence-electron chi connectivity index (χ3n) is 9.43. The van der Waals surface area contributed by atoms with Gasteiger partial charge in [-0.2, -0.15) is 4.98 Å². The molecule has 254 valence electrons. The van der Waals surface area contributed by atoms with E-state index in [4.69, 9.17) is 26.3 Å². The smallest absolute Gasteiger partial charge is 0.407 e. The number of carbonyl (C=O) groups is 1. The molecule has 2 aromatic carbocycles. The largest absolute Gasteiger partial charge is 0.444 e. The first-order valence-electron chi connectivity index (χ1n) is 16.9. The van der Waals surface area contributed by atoms with Crippen LogP contribution in [0.5, 0.6) is 0 Å². The highest BCUT2D eigenvalue weighted by molar-refractivity contribution is 6.33. The molecule has 1 saturated carbocycles. The van der Waals surface area contributed by atoms with Crippen molar-refractivity contribution in [3.63, 3.8) is 0 Å². The van der Waals surface area contributed by atoms with Gasteiger partial charge in [0.1, 0.15) is 11.2 Å². The molecule has 6 rings (SSSR count). The number of hydrogen-bond donors (Lipinski definition) is 2. The van der Waals surface area contributed by atoms with E-state index in [0.717, 1.165) is 42.8 Å². The first-order chi connectivity index (χ1) is 22.9. The zero-order chi connectivity index (χ0) is 34.2. The molecule has 1 amide bonds. The monoisotopic (exact) mass is 671 g/mol. The molecule has 0 atom stereocenters. The number of halogens is 1. The van der Waals surface area contributed by atoms with E-state index >= 15 is 0 Å². The highest BCUT2D eigenvalue weighted by Crippen LogP contribution is 2.35. The summed E-state index contributed by atoms with van der Waals surface area (Å²) in [5, 5.41) is 7.73. The van der Waals surface area contributed by atoms with Gasteiger partial charge in [0.05, 0.1) is 5.56 Å². The molecule has 3 heterocycles. The van der Waals surface area contributed by atoms with Gasteiger partial charge >= 0.3 is 6.09 Å². The van der Waals surface area contributed by atoms with Gasteiger partial charge in [0.25, 0.3) is 5.56 Å². The zero-order valence-electron chi connectivity index (χ0n) is 28.8. The average molecular weight is 672 g/mol. The average Bonchev–Trinajstić information content (AvgIpc) is 3.02. The minimum absolute atomic E-state index is 0.0320. The number of benzene rings is 2. The van der Waals surface area contributed by atoms with E-state index in [1.54, 1.807) is 12.3 Å². The Bertz CT molecular complexity index is 1870. The van der Waals surface area contributed by atoms with Gasteiger partial charge in [0.15, 0.2) is 0 Å². The fourth-order valence-electron chi connectivity index (χ4n) is 6.93. The van der Waals surface area contributed by atoms with Gasteiger partial charge in [-0.1, -0.05) is 29.8 Å². The number of nitrogens with one attached hydrogen (secondary N) is 2. The molecule has 1 aliphatic carbocycles. The van der Waals surface area contributed by atoms with Crippen molar-refractivity contribution in [3.05, 3.63) is 75.2 Å². The van der Waals surface area contributed by atoms with Gasteiger partial charge in [-0.3, -0.25) is 9.36 Å². The van der Waals surface area contributed by atoms with Crippen molar-refractivity contribution in [2.75, 3.05) is 43.4 Å². The van der Waals surface area contributed by atoms with E-state index in [1.165, 1.54) is 11.3 Å². The molecule has 2 aliphatic rings. The maximum absolute atomic E-state index is 14.5. The minimum atomic E-state index is -0.568. The van der Waals surface area contributed by atoms with Crippen LogP contribution in [0.2, 0.25) is 5.02 Å². The van der Waals surface area contributed by atoms with Crippen LogP contribution in [0.15, 0.2) is 53.5 Å². The van der Waals surface area contributed by atoms with Crippen molar-refractivity contribution in [2.45, 2.75) is 78.0 Å². The quantitative estimate of drug-likeness (QED) is 0.221. The van der Waals surface area contributed by atoms with E-state index in [9.17, 15) is 9.59 Å². The van der Waals surface area contributed by atoms with Crippen molar-refractivity contribution in [1.82, 2.24) is 24.8 Å². The summed E-state index contributed by atoms with van der Waals surface area (Å²) in [6, 6.07) is 13.6. The topological polar surface area (TPSA) is 105 Å². The van der Waals surface area contributed by atoms with Gasteiger partial charge in [0.2, 0.25) is 5.95 Å². The molecule has 0 spiro atoms. The Morgan fingerprint density at radius 2 is 1.71 bits per heavy atom. The van der Waals surface area contributed by atoms with Crippen molar-refractivity contribution in [2.24, 2.45) is 0 Å². The summed E-state index contributed by atoms with van der Waals surface area (Å²) in [4.78, 5) is 41.5. The van der Waals surface area contributed by atoms with Crippen LogP contribution in [-0.4, -0.2) is 70.4 Å². The number of anilines is 3. The second-order valence-electron chi connectivity index (χ2n) is 14.2. The summed E-state index contributed by atoms with van der Waals surface area (Å²) < 4.78 is 7.32. The second-order valence-corrected chi connectivity index (χ2v) is 14.6. The van der Waals surface area contributed by atoms with Gasteiger partial charge in [-0.25, -0.2) is 9.78 Å². The van der Waals surface area contributed by atoms with E-state index in [1.807, 2.05) is 50.5 Å². The van der Waals surface area contributed by atoms with Crippen molar-refractivity contribution in [1.29, 1.82) is 0 Å². The number of piperazine rings is 1. The van der Waals surface area contributed by atoms with Crippen LogP contribution in [0, 0.1) is 13.8 Å². The summed E-state index contributed by atoms with van der Waals surface area (Å²) >= 11 is 6.65. The Morgan fingerprint density at radius 1 is 1.00 bits per heavy atom. The van der Waals surface area contributed by atoms with E-state index < -0.39 is 11.7 Å². The molecule has 2 N–H and O–H groups in total. The van der Waals surface area contributed by atoms with Gasteiger partial charge in [-0.15, -0.1) is 0 Å². The van der Waals surface area contributed by atoms with Gasteiger partial charge in [0, 0.05) is 71.8 Å². The van der Waals surface area contributed by atoms with E-state index in [0.29, 0.717) is 53.4 Å². The summed E-state index contributed by atoms with van der Waals surface area (Å²) in [6.45, 7) is 13.7. The van der Waals surface area contributed by atoms with Gasteiger partial charge in [-0.05, 0) is 103 Å². The third-order valence-corrected chi connectivity index (χ3v) is 9.76. The fourth-order valence-corrected chi connectivity index (χ4v) is 7.16. The molecule has 1 saturated heterocycles. The first kappa shape index (κ1) is 33.7. The van der Waals surface area contributed by atoms with Crippen molar-refractivity contribution in [3.8, 4) is 11.1 Å². The fraction of sp³-hybridized carbons (Fsp3) is 0.459. The molecule has 2 fully saturated rings. The number of hydrogen-bond acceptors (Lipinski definition) is 8. The summed E-state index contributed by atoms with van der Waals surface area (Å²) in [5.74, 6) is 0.424. The Labute approximate surface area is 287 Å². The Hall–Kier alpha value is -4.15. The van der Waals surface area contributed by atoms with Crippen LogP contribution in [0.3, 0.4) is 0 Å². The Balaban J connectivity index is 1.33. The number of alkyl carbamates (subject to hydrolysis) is 1. The predicted molar refractivity (Wildman–Crippen MR) is 194 cm³/mol. The lowest BCUT2D eigenvalue weighted by molar-refractivity contribution is 0.0488. The van der Waals surface area contributed by atoms with Crippen LogP contribution >= 0.6 is 11.6 Å². The number of pyridine rings is 1. The zero-order valence-corrected chi connectivity index (χ0v) is 29.5. The number of fused-ring (bicyclic) bond motifs is 1. The van der Waals surface area contributed by atoms with Crippen molar-refractivity contribution < 1.29 is 9.53 Å². The standard InChI is InChI=1S/C37H46ClN7O3/c1-23-21-26(13-16-31(23)44-19-17-43(6)18-20-44)40-35-39-22-29-24(2)32(28-9-7-8-10-30(28)38)34(46)45(33(29)42-35)27-14-11-25(12-15-27)41-36(47)48-37(3,4)5/h7-10,13,16,21-22,25,27H,11-12,14-15,17-20H2,1-6H3,(H,41,47)(H,39,40,42). The number of ether oxygens (including phenoxy) is 1. The van der Waals surface area contributed by atoms with Gasteiger partial charge < -0.3 is 25.2 Å². The molecule has 0 bridgehead atoms. The molecular formula is C37H46ClN7O3. The van der Waals surface area contributed by atoms with Crippen molar-refractivity contribution >= 4 is 46.1 Å². The molecule has 10 nitrogen and oxygen atoms in total. The molecule has 0 unspecified atom stereocenters. The normalized spacial score (nSPS) is 18.9. The molecular weight excluding hydrogens is 626 g/mol. The van der Waals surface area contributed by atoms with Crippen LogP contribution in [-0.2, 0) is 4.74 Å². The number of rotatable bonds is 6. The molecule has 2 aromatic heterocycles. The Kier molecular flexibility index (Phi) is 9.67. The second kappa shape index (κ2) is 13.8. The Morgan fingerprint density at radius 3 is 2.38 bits per heavy atom. The minimum Gasteiger partial charge on any atom is -0.444 e. The summed E-state index contributed by atoms with van der Waals surface area (Å²) in [6.07, 6.45) is 4.20. The molecule has 0 radical (unpaired) electrons. The lowest BCUT2D eigenvalue weighted by Crippen LogP contribution is -2.44. The number of likely N-dealkylation sites (N-methyl/N-ethyl adjacent to an activating group) is 1. The summed E-state index contributed by atoms with van der Waals surface area (Å²) in [5.41, 5.74) is 5.23. The first-order valence-corrected chi connectivity index (χ1v) is 17.2. The number of carbonyl (C=O) groups excluding carboxylic acids is 1. The molecule has 48 heavy (non-hydrogen) atoms. The number of aromatic nitrogens is 3. The van der Waals surface area contributed by atoms with E-state index in [-0.39, 0.29) is 17.6 Å². The SMILES string of the molecule is Cc1cc(Nc2ncc3c(C)c(-c4ccccc4Cl)c(=O)n(C4CCC(NC(=O)OC(C)(C)C)CC4)c3n2)ccc1N1CCN(C)CC1. The highest BCUT2D eigenvalue weighted by atomic mass is 35.5. The lowest BCUT2D eigenvalue weighted by atomic mass is 9.90. The maximum Gasteiger partial charge on any atom is 0.407 e. The predicted octanol–water partition coefficient (Wildman–Crippen LogP) is 7.23. The van der Waals surface area contributed by atoms with Crippen LogP contribution in [0.1, 0.15) is 63.6 Å². The number of amides is 1. The third kappa shape index (κ3) is 7.29. The van der Waals surface area contributed by atoms with E-state index in [2.05, 4.69) is 52.6 Å². The maximum atomic E-state index is 14.5. The number of nitrogens with zero attached hydrogens (tertiary/aromatic N) is 5. The molecule has 1 aliphatic heterocycles. The molecule has 11 heteroatoms. The van der Waals surface area contributed by atoms with Crippen LogP contribution in [0.25, 0.3) is 22.2 Å². The van der Waals surface area contributed by atoms with Crippen LogP contribution < -0.4 is 21.1 Å². The summed E-state index contributed by atoms with van der Waals surface area (Å²) in [7, 11) is 2.16. The highest BCUT2D eigenvalue weighted by Gasteiger charge is 2.29. The molecule has 4 aromatic rings. The lowest BCUT2D eigenvalue weighted by Gasteiger charge is -2.35. The number of aryl methyl sites for hydroxylation is 2.